The summed E-state index contributed by atoms with van der Waals surface area (Å²) in [5.41, 5.74) is 3.84. The van der Waals surface area contributed by atoms with Crippen LogP contribution in [0, 0.1) is 24.5 Å². The van der Waals surface area contributed by atoms with E-state index in [9.17, 15) is 8.78 Å². The summed E-state index contributed by atoms with van der Waals surface area (Å²) >= 11 is 0. The third-order valence-electron chi connectivity index (χ3n) is 4.63. The molecule has 0 saturated carbocycles. The highest BCUT2D eigenvalue weighted by Crippen LogP contribution is 2.30. The molecule has 0 aromatic heterocycles. The second-order valence-electron chi connectivity index (χ2n) is 6.60. The molecule has 1 nitrogen and oxygen atoms in total. The van der Waals surface area contributed by atoms with Gasteiger partial charge in [0.05, 0.1) is 0 Å². The van der Waals surface area contributed by atoms with Crippen molar-refractivity contribution in [3.63, 3.8) is 0 Å². The third kappa shape index (κ3) is 3.66. The van der Waals surface area contributed by atoms with Gasteiger partial charge in [-0.15, -0.1) is 0 Å². The number of allylic oxidation sites excluding steroid dienone is 2. The molecule has 1 aliphatic rings. The standard InChI is InChI=1S/C21H22F2O/c1-14-3-8-17(9-4-14)18-10-6-16(7-11-18)13-24-19-12-5-15(2)20(22)21(19)23/h5-8,10-12,14H,3-4,9,13H2,1-2H3. The van der Waals surface area contributed by atoms with Crippen LogP contribution < -0.4 is 4.74 Å². The van der Waals surface area contributed by atoms with Crippen LogP contribution in [0.4, 0.5) is 8.78 Å². The first-order chi connectivity index (χ1) is 11.5. The minimum Gasteiger partial charge on any atom is -0.486 e. The summed E-state index contributed by atoms with van der Waals surface area (Å²) in [6, 6.07) is 11.1. The highest BCUT2D eigenvalue weighted by molar-refractivity contribution is 5.66. The van der Waals surface area contributed by atoms with Gasteiger partial charge in [0.15, 0.2) is 11.6 Å². The van der Waals surface area contributed by atoms with Crippen LogP contribution in [0.5, 0.6) is 5.75 Å². The van der Waals surface area contributed by atoms with Crippen molar-refractivity contribution in [2.45, 2.75) is 39.7 Å². The summed E-state index contributed by atoms with van der Waals surface area (Å²) in [6.07, 6.45) is 5.81. The van der Waals surface area contributed by atoms with E-state index in [0.717, 1.165) is 24.3 Å². The molecule has 0 spiro atoms. The molecule has 0 amide bonds. The van der Waals surface area contributed by atoms with Gasteiger partial charge in [0, 0.05) is 0 Å². The van der Waals surface area contributed by atoms with E-state index in [1.807, 2.05) is 12.1 Å². The maximum absolute atomic E-state index is 13.8. The monoisotopic (exact) mass is 328 g/mol. The summed E-state index contributed by atoms with van der Waals surface area (Å²) in [4.78, 5) is 0. The lowest BCUT2D eigenvalue weighted by Gasteiger charge is -2.18. The maximum atomic E-state index is 13.8. The lowest BCUT2D eigenvalue weighted by molar-refractivity contribution is 0.284. The SMILES string of the molecule is Cc1ccc(OCc2ccc(C3=CCC(C)CC3)cc2)c(F)c1F. The Labute approximate surface area is 142 Å². The highest BCUT2D eigenvalue weighted by Gasteiger charge is 2.13. The molecule has 24 heavy (non-hydrogen) atoms. The average molecular weight is 328 g/mol. The fourth-order valence-electron chi connectivity index (χ4n) is 2.94. The normalized spacial score (nSPS) is 17.5. The van der Waals surface area contributed by atoms with Gasteiger partial charge in [-0.05, 0) is 60.4 Å². The Morgan fingerprint density at radius 3 is 2.46 bits per heavy atom. The summed E-state index contributed by atoms with van der Waals surface area (Å²) in [7, 11) is 0. The van der Waals surface area contributed by atoms with E-state index in [1.165, 1.54) is 36.6 Å². The molecule has 3 heteroatoms. The summed E-state index contributed by atoms with van der Waals surface area (Å²) in [5, 5.41) is 0. The molecule has 1 unspecified atom stereocenters. The molecule has 0 heterocycles. The van der Waals surface area contributed by atoms with Gasteiger partial charge < -0.3 is 4.74 Å². The number of ether oxygens (including phenoxy) is 1. The van der Waals surface area contributed by atoms with Gasteiger partial charge in [0.1, 0.15) is 6.61 Å². The molecule has 0 aliphatic heterocycles. The van der Waals surface area contributed by atoms with Gasteiger partial charge in [0.25, 0.3) is 0 Å². The van der Waals surface area contributed by atoms with Crippen molar-refractivity contribution in [1.82, 2.24) is 0 Å². The lowest BCUT2D eigenvalue weighted by atomic mass is 9.87. The number of hydrogen-bond acceptors (Lipinski definition) is 1. The van der Waals surface area contributed by atoms with Crippen LogP contribution in [0.15, 0.2) is 42.5 Å². The molecule has 0 N–H and O–H groups in total. The fraction of sp³-hybridized carbons (Fsp3) is 0.333. The molecule has 2 aromatic carbocycles. The largest absolute Gasteiger partial charge is 0.486 e. The van der Waals surface area contributed by atoms with E-state index >= 15 is 0 Å². The van der Waals surface area contributed by atoms with Gasteiger partial charge in [-0.1, -0.05) is 43.3 Å². The van der Waals surface area contributed by atoms with Gasteiger partial charge in [-0.2, -0.15) is 4.39 Å². The van der Waals surface area contributed by atoms with Crippen molar-refractivity contribution in [3.8, 4) is 5.75 Å². The number of hydrogen-bond donors (Lipinski definition) is 0. The van der Waals surface area contributed by atoms with Crippen LogP contribution in [0.25, 0.3) is 5.57 Å². The van der Waals surface area contributed by atoms with Crippen molar-refractivity contribution in [2.75, 3.05) is 0 Å². The summed E-state index contributed by atoms with van der Waals surface area (Å²) in [6.45, 7) is 4.03. The molecule has 1 atom stereocenters. The maximum Gasteiger partial charge on any atom is 0.200 e. The van der Waals surface area contributed by atoms with E-state index in [1.54, 1.807) is 0 Å². The summed E-state index contributed by atoms with van der Waals surface area (Å²) in [5.74, 6) is -1.05. The topological polar surface area (TPSA) is 9.23 Å². The number of rotatable bonds is 4. The zero-order valence-corrected chi connectivity index (χ0v) is 14.1. The van der Waals surface area contributed by atoms with Crippen LogP contribution in [0.3, 0.4) is 0 Å². The van der Waals surface area contributed by atoms with Crippen molar-refractivity contribution < 1.29 is 13.5 Å². The Morgan fingerprint density at radius 2 is 1.79 bits per heavy atom. The van der Waals surface area contributed by atoms with Crippen LogP contribution in [0.2, 0.25) is 0 Å². The molecular weight excluding hydrogens is 306 g/mol. The van der Waals surface area contributed by atoms with Crippen LogP contribution in [-0.2, 0) is 6.61 Å². The van der Waals surface area contributed by atoms with Crippen molar-refractivity contribution in [2.24, 2.45) is 5.92 Å². The molecule has 0 bridgehead atoms. The molecular formula is C21H22F2O. The van der Waals surface area contributed by atoms with Crippen molar-refractivity contribution in [3.05, 3.63) is 70.8 Å². The van der Waals surface area contributed by atoms with Crippen molar-refractivity contribution in [1.29, 1.82) is 0 Å². The Morgan fingerprint density at radius 1 is 1.04 bits per heavy atom. The fourth-order valence-corrected chi connectivity index (χ4v) is 2.94. The van der Waals surface area contributed by atoms with E-state index in [2.05, 4.69) is 25.1 Å². The first-order valence-corrected chi connectivity index (χ1v) is 8.40. The average Bonchev–Trinajstić information content (AvgIpc) is 2.60. The minimum absolute atomic E-state index is 0.0499. The first-order valence-electron chi connectivity index (χ1n) is 8.40. The quantitative estimate of drug-likeness (QED) is 0.663. The molecule has 2 aromatic rings. The minimum atomic E-state index is -0.923. The molecule has 126 valence electrons. The molecule has 0 saturated heterocycles. The van der Waals surface area contributed by atoms with E-state index in [4.69, 9.17) is 4.74 Å². The molecule has 0 fully saturated rings. The van der Waals surface area contributed by atoms with Crippen molar-refractivity contribution >= 4 is 5.57 Å². The zero-order valence-electron chi connectivity index (χ0n) is 14.1. The van der Waals surface area contributed by atoms with Crippen LogP contribution in [-0.4, -0.2) is 0 Å². The molecule has 1 aliphatic carbocycles. The lowest BCUT2D eigenvalue weighted by Crippen LogP contribution is -2.02. The van der Waals surface area contributed by atoms with Gasteiger partial charge in [-0.25, -0.2) is 4.39 Å². The smallest absolute Gasteiger partial charge is 0.200 e. The number of benzene rings is 2. The van der Waals surface area contributed by atoms with E-state index < -0.39 is 11.6 Å². The highest BCUT2D eigenvalue weighted by atomic mass is 19.2. The third-order valence-corrected chi connectivity index (χ3v) is 4.63. The zero-order chi connectivity index (χ0) is 17.1. The second kappa shape index (κ2) is 7.16. The Bertz CT molecular complexity index is 747. The predicted molar refractivity (Wildman–Crippen MR) is 92.9 cm³/mol. The molecule has 0 radical (unpaired) electrons. The Balaban J connectivity index is 1.66. The van der Waals surface area contributed by atoms with E-state index in [-0.39, 0.29) is 17.9 Å². The Kier molecular flexibility index (Phi) is 4.98. The van der Waals surface area contributed by atoms with Crippen LogP contribution in [0.1, 0.15) is 42.9 Å². The second-order valence-corrected chi connectivity index (χ2v) is 6.60. The Hall–Kier alpha value is -2.16. The van der Waals surface area contributed by atoms with Gasteiger partial charge in [0.2, 0.25) is 5.82 Å². The predicted octanol–water partition coefficient (Wildman–Crippen LogP) is 6.06. The number of halogens is 2. The summed E-state index contributed by atoms with van der Waals surface area (Å²) < 4.78 is 32.8. The number of aryl methyl sites for hydroxylation is 1. The van der Waals surface area contributed by atoms with Gasteiger partial charge in [-0.3, -0.25) is 0 Å². The molecule has 3 rings (SSSR count). The first kappa shape index (κ1) is 16.7. The van der Waals surface area contributed by atoms with E-state index in [0.29, 0.717) is 0 Å². The van der Waals surface area contributed by atoms with Crippen LogP contribution >= 0.6 is 0 Å². The van der Waals surface area contributed by atoms with Gasteiger partial charge >= 0.3 is 0 Å².